The fourth-order valence-corrected chi connectivity index (χ4v) is 4.04. The lowest BCUT2D eigenvalue weighted by atomic mass is 9.98. The average molecular weight is 440 g/mol. The number of carbonyl (C=O) groups excluding carboxylic acids is 2. The quantitative estimate of drug-likeness (QED) is 0.564. The Morgan fingerprint density at radius 1 is 1.09 bits per heavy atom. The van der Waals surface area contributed by atoms with E-state index in [9.17, 15) is 14.4 Å². The van der Waals surface area contributed by atoms with E-state index in [4.69, 9.17) is 19.4 Å². The molecule has 4 rings (SSSR count). The summed E-state index contributed by atoms with van der Waals surface area (Å²) in [5.74, 6) is -1.96. The highest BCUT2D eigenvalue weighted by Crippen LogP contribution is 2.44. The summed E-state index contributed by atoms with van der Waals surface area (Å²) in [6, 6.07) is 15.5. The van der Waals surface area contributed by atoms with Crippen molar-refractivity contribution in [1.29, 1.82) is 0 Å². The Morgan fingerprint density at radius 2 is 1.72 bits per heavy atom. The summed E-state index contributed by atoms with van der Waals surface area (Å²) in [6.45, 7) is 1.70. The van der Waals surface area contributed by atoms with Crippen LogP contribution in [0.2, 0.25) is 0 Å². The summed E-state index contributed by atoms with van der Waals surface area (Å²) in [6.07, 6.45) is -2.46. The Bertz CT molecular complexity index is 979. The van der Waals surface area contributed by atoms with Gasteiger partial charge in [-0.1, -0.05) is 48.5 Å². The molecule has 3 N–H and O–H groups in total. The minimum atomic E-state index is -1.22. The van der Waals surface area contributed by atoms with Crippen molar-refractivity contribution in [1.82, 2.24) is 10.8 Å². The van der Waals surface area contributed by atoms with Gasteiger partial charge in [0.05, 0.1) is 6.04 Å². The van der Waals surface area contributed by atoms with Crippen molar-refractivity contribution in [3.8, 4) is 11.1 Å². The molecular weight excluding hydrogens is 416 g/mol. The Kier molecular flexibility index (Phi) is 6.38. The molecule has 168 valence electrons. The molecule has 1 unspecified atom stereocenters. The van der Waals surface area contributed by atoms with Gasteiger partial charge in [0, 0.05) is 12.5 Å². The van der Waals surface area contributed by atoms with Crippen LogP contribution >= 0.6 is 0 Å². The molecule has 1 aliphatic carbocycles. The summed E-state index contributed by atoms with van der Waals surface area (Å²) >= 11 is 0. The third-order valence-corrected chi connectivity index (χ3v) is 5.68. The van der Waals surface area contributed by atoms with E-state index in [0.29, 0.717) is 6.42 Å². The van der Waals surface area contributed by atoms with Crippen LogP contribution in [0, 0.1) is 0 Å². The van der Waals surface area contributed by atoms with Crippen molar-refractivity contribution < 1.29 is 33.8 Å². The van der Waals surface area contributed by atoms with E-state index in [2.05, 4.69) is 22.9 Å². The van der Waals surface area contributed by atoms with Gasteiger partial charge in [-0.25, -0.2) is 15.1 Å². The van der Waals surface area contributed by atoms with Crippen LogP contribution in [-0.4, -0.2) is 54.5 Å². The third kappa shape index (κ3) is 4.44. The first-order valence-corrected chi connectivity index (χ1v) is 10.4. The molecule has 2 amide bonds. The van der Waals surface area contributed by atoms with Gasteiger partial charge in [-0.3, -0.25) is 9.63 Å². The second-order valence-electron chi connectivity index (χ2n) is 7.72. The van der Waals surface area contributed by atoms with Crippen molar-refractivity contribution >= 4 is 18.0 Å². The van der Waals surface area contributed by atoms with Crippen LogP contribution in [0.4, 0.5) is 4.79 Å². The maximum absolute atomic E-state index is 12.5. The fourth-order valence-electron chi connectivity index (χ4n) is 4.04. The van der Waals surface area contributed by atoms with Gasteiger partial charge >= 0.3 is 12.1 Å². The molecule has 2 aliphatic rings. The van der Waals surface area contributed by atoms with Gasteiger partial charge in [-0.15, -0.1) is 0 Å². The lowest BCUT2D eigenvalue weighted by Gasteiger charge is -2.20. The van der Waals surface area contributed by atoms with E-state index < -0.39 is 36.2 Å². The highest BCUT2D eigenvalue weighted by molar-refractivity contribution is 5.82. The minimum Gasteiger partial charge on any atom is -0.479 e. The van der Waals surface area contributed by atoms with Crippen molar-refractivity contribution in [2.45, 2.75) is 37.5 Å². The summed E-state index contributed by atoms with van der Waals surface area (Å²) in [7, 11) is 0. The molecule has 9 heteroatoms. The molecule has 1 aliphatic heterocycles. The zero-order chi connectivity index (χ0) is 22.7. The number of rotatable bonds is 7. The maximum Gasteiger partial charge on any atom is 0.407 e. The zero-order valence-electron chi connectivity index (χ0n) is 17.4. The van der Waals surface area contributed by atoms with Crippen LogP contribution in [0.15, 0.2) is 48.5 Å². The van der Waals surface area contributed by atoms with Crippen LogP contribution in [-0.2, 0) is 23.9 Å². The average Bonchev–Trinajstić information content (AvgIpc) is 3.38. The first-order chi connectivity index (χ1) is 15.5. The lowest BCUT2D eigenvalue weighted by molar-refractivity contribution is -0.162. The number of carboxylic acid groups (broad SMARTS) is 1. The molecule has 1 saturated heterocycles. The number of amides is 2. The first kappa shape index (κ1) is 21.8. The number of hydrogen-bond donors (Lipinski definition) is 3. The highest BCUT2D eigenvalue weighted by atomic mass is 16.7. The maximum atomic E-state index is 12.5. The molecule has 2 aromatic carbocycles. The number of fused-ring (bicyclic) bond motifs is 3. The van der Waals surface area contributed by atoms with Crippen LogP contribution in [0.25, 0.3) is 11.1 Å². The standard InChI is InChI=1S/C23H24N2O7/c1-13(22(27)28)32-25-21(26)20-19(10-11-30-20)24-23(29)31-12-18-16-8-4-2-6-14(16)15-7-3-5-9-17(15)18/h2-9,13,18-20H,10-12H2,1H3,(H,24,29)(H,25,26)(H,27,28)/t13?,19-,20+/m0/s1. The van der Waals surface area contributed by atoms with E-state index in [0.717, 1.165) is 22.3 Å². The predicted octanol–water partition coefficient (Wildman–Crippen LogP) is 2.20. The Morgan fingerprint density at radius 3 is 2.34 bits per heavy atom. The Labute approximate surface area is 184 Å². The van der Waals surface area contributed by atoms with E-state index in [-0.39, 0.29) is 19.1 Å². The summed E-state index contributed by atoms with van der Waals surface area (Å²) in [4.78, 5) is 40.3. The summed E-state index contributed by atoms with van der Waals surface area (Å²) in [5.41, 5.74) is 6.55. The first-order valence-electron chi connectivity index (χ1n) is 10.4. The molecule has 0 bridgehead atoms. The number of hydroxylamine groups is 1. The van der Waals surface area contributed by atoms with Crippen LogP contribution in [0.3, 0.4) is 0 Å². The number of carbonyl (C=O) groups is 3. The molecule has 0 aromatic heterocycles. The molecule has 9 nitrogen and oxygen atoms in total. The largest absolute Gasteiger partial charge is 0.479 e. The van der Waals surface area contributed by atoms with Crippen molar-refractivity contribution in [3.05, 3.63) is 59.7 Å². The number of aliphatic carboxylic acids is 1. The van der Waals surface area contributed by atoms with Gasteiger partial charge in [0.1, 0.15) is 6.61 Å². The van der Waals surface area contributed by atoms with Crippen LogP contribution in [0.5, 0.6) is 0 Å². The number of ether oxygens (including phenoxy) is 2. The SMILES string of the molecule is CC(ONC(=O)[C@@H]1OCC[C@@H]1NC(=O)OCC1c2ccccc2-c2ccccc21)C(=O)O. The molecule has 0 saturated carbocycles. The number of alkyl carbamates (subject to hydrolysis) is 1. The Hall–Kier alpha value is -3.43. The molecule has 0 spiro atoms. The fraction of sp³-hybridized carbons (Fsp3) is 0.348. The van der Waals surface area contributed by atoms with Gasteiger partial charge in [0.25, 0.3) is 5.91 Å². The second-order valence-corrected chi connectivity index (χ2v) is 7.72. The van der Waals surface area contributed by atoms with Crippen LogP contribution in [0.1, 0.15) is 30.4 Å². The van der Waals surface area contributed by atoms with E-state index in [1.807, 2.05) is 36.4 Å². The lowest BCUT2D eigenvalue weighted by Crippen LogP contribution is -2.49. The smallest absolute Gasteiger partial charge is 0.407 e. The van der Waals surface area contributed by atoms with E-state index in [1.54, 1.807) is 0 Å². The van der Waals surface area contributed by atoms with Crippen molar-refractivity contribution in [2.24, 2.45) is 0 Å². The van der Waals surface area contributed by atoms with Crippen molar-refractivity contribution in [2.75, 3.05) is 13.2 Å². The summed E-state index contributed by atoms with van der Waals surface area (Å²) < 4.78 is 10.9. The zero-order valence-corrected chi connectivity index (χ0v) is 17.4. The molecule has 1 fully saturated rings. The molecule has 32 heavy (non-hydrogen) atoms. The minimum absolute atomic E-state index is 0.0713. The Balaban J connectivity index is 1.34. The number of carboxylic acids is 1. The van der Waals surface area contributed by atoms with Gasteiger partial charge < -0.3 is 19.9 Å². The second kappa shape index (κ2) is 9.37. The number of nitrogens with one attached hydrogen (secondary N) is 2. The number of benzene rings is 2. The summed E-state index contributed by atoms with van der Waals surface area (Å²) in [5, 5.41) is 11.5. The molecule has 0 radical (unpaired) electrons. The third-order valence-electron chi connectivity index (χ3n) is 5.68. The molecule has 3 atom stereocenters. The van der Waals surface area contributed by atoms with Crippen molar-refractivity contribution in [3.63, 3.8) is 0 Å². The highest BCUT2D eigenvalue weighted by Gasteiger charge is 2.37. The number of hydrogen-bond acceptors (Lipinski definition) is 6. The van der Waals surface area contributed by atoms with Gasteiger partial charge in [-0.05, 0) is 35.6 Å². The van der Waals surface area contributed by atoms with Gasteiger partial charge in [-0.2, -0.15) is 0 Å². The molecule has 2 aromatic rings. The van der Waals surface area contributed by atoms with Gasteiger partial charge in [0.15, 0.2) is 12.2 Å². The van der Waals surface area contributed by atoms with E-state index >= 15 is 0 Å². The van der Waals surface area contributed by atoms with Gasteiger partial charge in [0.2, 0.25) is 0 Å². The molecular formula is C23H24N2O7. The normalized spacial score (nSPS) is 20.2. The molecule has 1 heterocycles. The van der Waals surface area contributed by atoms with E-state index in [1.165, 1.54) is 6.92 Å². The predicted molar refractivity (Wildman–Crippen MR) is 113 cm³/mol. The van der Waals surface area contributed by atoms with Crippen LogP contribution < -0.4 is 10.8 Å². The topological polar surface area (TPSA) is 123 Å². The monoisotopic (exact) mass is 440 g/mol.